The lowest BCUT2D eigenvalue weighted by molar-refractivity contribution is -0.385. The molecule has 0 saturated heterocycles. The Morgan fingerprint density at radius 1 is 1.07 bits per heavy atom. The van der Waals surface area contributed by atoms with Crippen LogP contribution in [0, 0.1) is 30.9 Å². The number of para-hydroxylation sites is 1. The minimum Gasteiger partial charge on any atom is -0.452 e. The number of nitrogens with zero attached hydrogens (tertiary/aromatic N) is 1. The third kappa shape index (κ3) is 5.13. The second-order valence-electron chi connectivity index (χ2n) is 6.12. The zero-order chi connectivity index (χ0) is 20.8. The Morgan fingerprint density at radius 2 is 1.79 bits per heavy atom. The van der Waals surface area contributed by atoms with Gasteiger partial charge < -0.3 is 10.1 Å². The lowest BCUT2D eigenvalue weighted by atomic mass is 10.1. The van der Waals surface area contributed by atoms with Crippen LogP contribution in [0.2, 0.25) is 0 Å². The van der Waals surface area contributed by atoms with Crippen LogP contribution in [0.15, 0.2) is 36.4 Å². The van der Waals surface area contributed by atoms with Gasteiger partial charge in [0.1, 0.15) is 5.56 Å². The van der Waals surface area contributed by atoms with E-state index >= 15 is 0 Å². The topological polar surface area (TPSA) is 128 Å². The van der Waals surface area contributed by atoms with E-state index in [9.17, 15) is 24.5 Å². The molecule has 0 atom stereocenters. The van der Waals surface area contributed by atoms with Crippen LogP contribution in [0.25, 0.3) is 0 Å². The highest BCUT2D eigenvalue weighted by Gasteiger charge is 2.24. The lowest BCUT2D eigenvalue weighted by Gasteiger charge is -2.10. The summed E-state index contributed by atoms with van der Waals surface area (Å²) in [6, 6.07) is 8.78. The van der Waals surface area contributed by atoms with Crippen LogP contribution in [0.5, 0.6) is 0 Å². The Labute approximate surface area is 160 Å². The van der Waals surface area contributed by atoms with Crippen LogP contribution in [0.4, 0.5) is 16.2 Å². The monoisotopic (exact) mass is 385 g/mol. The summed E-state index contributed by atoms with van der Waals surface area (Å²) in [5.41, 5.74) is 2.01. The molecule has 0 aliphatic heterocycles. The van der Waals surface area contributed by atoms with Gasteiger partial charge in [0.05, 0.1) is 4.92 Å². The van der Waals surface area contributed by atoms with Crippen LogP contribution in [-0.2, 0) is 9.53 Å². The maximum absolute atomic E-state index is 12.1. The van der Waals surface area contributed by atoms with Crippen molar-refractivity contribution < 1.29 is 24.0 Å². The third-order valence-corrected chi connectivity index (χ3v) is 3.86. The SMILES string of the molecule is Cc1ccc(NC(=O)NC(=O)COC(=O)c2cccc(C)c2[N+](=O)[O-])c(C)c1. The average Bonchev–Trinajstić information content (AvgIpc) is 2.61. The molecule has 0 bridgehead atoms. The summed E-state index contributed by atoms with van der Waals surface area (Å²) >= 11 is 0. The van der Waals surface area contributed by atoms with Gasteiger partial charge in [-0.05, 0) is 38.5 Å². The van der Waals surface area contributed by atoms with E-state index in [0.29, 0.717) is 5.69 Å². The number of nitro benzene ring substituents is 1. The summed E-state index contributed by atoms with van der Waals surface area (Å²) in [7, 11) is 0. The molecule has 0 aromatic heterocycles. The fourth-order valence-corrected chi connectivity index (χ4v) is 2.54. The van der Waals surface area contributed by atoms with E-state index in [4.69, 9.17) is 4.74 Å². The fourth-order valence-electron chi connectivity index (χ4n) is 2.54. The highest BCUT2D eigenvalue weighted by molar-refractivity contribution is 6.03. The smallest absolute Gasteiger partial charge is 0.345 e. The Hall–Kier alpha value is -3.75. The molecule has 2 N–H and O–H groups in total. The number of anilines is 1. The maximum atomic E-state index is 12.1. The summed E-state index contributed by atoms with van der Waals surface area (Å²) in [5.74, 6) is -1.90. The third-order valence-electron chi connectivity index (χ3n) is 3.86. The van der Waals surface area contributed by atoms with Gasteiger partial charge in [-0.1, -0.05) is 29.8 Å². The minimum absolute atomic E-state index is 0.266. The number of rotatable bonds is 5. The van der Waals surface area contributed by atoms with Gasteiger partial charge >= 0.3 is 12.0 Å². The Bertz CT molecular complexity index is 955. The first kappa shape index (κ1) is 20.6. The predicted octanol–water partition coefficient (Wildman–Crippen LogP) is 3.03. The number of hydrogen-bond acceptors (Lipinski definition) is 6. The quantitative estimate of drug-likeness (QED) is 0.463. The van der Waals surface area contributed by atoms with E-state index in [1.165, 1.54) is 25.1 Å². The molecule has 9 nitrogen and oxygen atoms in total. The number of benzene rings is 2. The lowest BCUT2D eigenvalue weighted by Crippen LogP contribution is -2.37. The highest BCUT2D eigenvalue weighted by Crippen LogP contribution is 2.23. The number of amides is 3. The van der Waals surface area contributed by atoms with E-state index < -0.39 is 29.4 Å². The molecule has 2 aromatic carbocycles. The molecule has 0 spiro atoms. The number of aryl methyl sites for hydroxylation is 3. The molecule has 0 aliphatic rings. The zero-order valence-corrected chi connectivity index (χ0v) is 15.6. The summed E-state index contributed by atoms with van der Waals surface area (Å²) < 4.78 is 4.79. The zero-order valence-electron chi connectivity index (χ0n) is 15.6. The molecule has 28 heavy (non-hydrogen) atoms. The second kappa shape index (κ2) is 8.76. The van der Waals surface area contributed by atoms with E-state index in [1.807, 2.05) is 18.3 Å². The number of hydrogen-bond donors (Lipinski definition) is 2. The molecule has 2 rings (SSSR count). The first-order chi connectivity index (χ1) is 13.2. The van der Waals surface area contributed by atoms with Crippen LogP contribution >= 0.6 is 0 Å². The summed E-state index contributed by atoms with van der Waals surface area (Å²) in [4.78, 5) is 46.2. The second-order valence-corrected chi connectivity index (χ2v) is 6.12. The molecule has 9 heteroatoms. The van der Waals surface area contributed by atoms with Gasteiger partial charge in [0, 0.05) is 11.3 Å². The van der Waals surface area contributed by atoms with Crippen molar-refractivity contribution in [2.24, 2.45) is 0 Å². The van der Waals surface area contributed by atoms with Gasteiger partial charge in [0.25, 0.3) is 11.6 Å². The Morgan fingerprint density at radius 3 is 2.43 bits per heavy atom. The number of nitrogens with one attached hydrogen (secondary N) is 2. The minimum atomic E-state index is -1.03. The van der Waals surface area contributed by atoms with Gasteiger partial charge in [-0.25, -0.2) is 9.59 Å². The van der Waals surface area contributed by atoms with Crippen molar-refractivity contribution in [3.05, 3.63) is 68.8 Å². The Balaban J connectivity index is 1.93. The number of urea groups is 1. The van der Waals surface area contributed by atoms with Crippen LogP contribution < -0.4 is 10.6 Å². The molecule has 146 valence electrons. The number of ether oxygens (including phenoxy) is 1. The molecule has 2 aromatic rings. The average molecular weight is 385 g/mol. The van der Waals surface area contributed by atoms with E-state index in [1.54, 1.807) is 19.1 Å². The number of esters is 1. The molecular weight excluding hydrogens is 366 g/mol. The van der Waals surface area contributed by atoms with Crippen molar-refractivity contribution in [1.29, 1.82) is 0 Å². The standard InChI is InChI=1S/C19H19N3O6/c1-11-7-8-15(13(3)9-11)20-19(25)21-16(23)10-28-18(24)14-6-4-5-12(2)17(14)22(26)27/h4-9H,10H2,1-3H3,(H2,20,21,23,25). The Kier molecular flexibility index (Phi) is 6.43. The number of carbonyl (C=O) groups is 3. The molecule has 0 fully saturated rings. The molecule has 0 saturated carbocycles. The van der Waals surface area contributed by atoms with Crippen molar-refractivity contribution in [3.63, 3.8) is 0 Å². The summed E-state index contributed by atoms with van der Waals surface area (Å²) in [6.45, 7) is 4.44. The van der Waals surface area contributed by atoms with Gasteiger partial charge in [-0.3, -0.25) is 20.2 Å². The number of imide groups is 1. The van der Waals surface area contributed by atoms with Crippen LogP contribution in [0.1, 0.15) is 27.0 Å². The van der Waals surface area contributed by atoms with Crippen molar-refractivity contribution >= 4 is 29.3 Å². The van der Waals surface area contributed by atoms with E-state index in [0.717, 1.165) is 11.1 Å². The van der Waals surface area contributed by atoms with Gasteiger partial charge in [0.15, 0.2) is 6.61 Å². The largest absolute Gasteiger partial charge is 0.452 e. The molecule has 0 heterocycles. The number of nitro groups is 1. The van der Waals surface area contributed by atoms with Crippen molar-refractivity contribution in [3.8, 4) is 0 Å². The van der Waals surface area contributed by atoms with E-state index in [2.05, 4.69) is 5.32 Å². The first-order valence-electron chi connectivity index (χ1n) is 8.28. The van der Waals surface area contributed by atoms with Crippen LogP contribution in [-0.4, -0.2) is 29.4 Å². The molecule has 0 aliphatic carbocycles. The molecule has 0 unspecified atom stereocenters. The maximum Gasteiger partial charge on any atom is 0.345 e. The summed E-state index contributed by atoms with van der Waals surface area (Å²) in [5, 5.41) is 15.7. The highest BCUT2D eigenvalue weighted by atomic mass is 16.6. The molecule has 0 radical (unpaired) electrons. The normalized spacial score (nSPS) is 10.1. The van der Waals surface area contributed by atoms with E-state index in [-0.39, 0.29) is 16.8 Å². The number of carbonyl (C=O) groups excluding carboxylic acids is 3. The van der Waals surface area contributed by atoms with Crippen LogP contribution in [0.3, 0.4) is 0 Å². The van der Waals surface area contributed by atoms with Gasteiger partial charge in [-0.2, -0.15) is 0 Å². The fraction of sp³-hybridized carbons (Fsp3) is 0.211. The van der Waals surface area contributed by atoms with Gasteiger partial charge in [0.2, 0.25) is 0 Å². The molecule has 3 amide bonds. The molecular formula is C19H19N3O6. The van der Waals surface area contributed by atoms with Crippen molar-refractivity contribution in [2.45, 2.75) is 20.8 Å². The summed E-state index contributed by atoms with van der Waals surface area (Å²) in [6.07, 6.45) is 0. The predicted molar refractivity (Wildman–Crippen MR) is 101 cm³/mol. The van der Waals surface area contributed by atoms with Crippen molar-refractivity contribution in [1.82, 2.24) is 5.32 Å². The first-order valence-corrected chi connectivity index (χ1v) is 8.28. The van der Waals surface area contributed by atoms with Crippen molar-refractivity contribution in [2.75, 3.05) is 11.9 Å². The van der Waals surface area contributed by atoms with Gasteiger partial charge in [-0.15, -0.1) is 0 Å².